The topological polar surface area (TPSA) is 49.3 Å². The lowest BCUT2D eigenvalue weighted by Crippen LogP contribution is -2.30. The number of carboxylic acid groups (broad SMARTS) is 1. The lowest BCUT2D eigenvalue weighted by molar-refractivity contribution is 0.0696. The van der Waals surface area contributed by atoms with Crippen molar-refractivity contribution in [3.8, 4) is 0 Å². The van der Waals surface area contributed by atoms with Crippen LogP contribution in [-0.2, 0) is 12.8 Å². The highest BCUT2D eigenvalue weighted by atomic mass is 16.4. The maximum Gasteiger partial charge on any atom is 0.335 e. The van der Waals surface area contributed by atoms with Crippen molar-refractivity contribution in [2.75, 3.05) is 13.1 Å². The summed E-state index contributed by atoms with van der Waals surface area (Å²) in [5.74, 6) is -0.107. The van der Waals surface area contributed by atoms with Crippen molar-refractivity contribution in [3.63, 3.8) is 0 Å². The van der Waals surface area contributed by atoms with E-state index in [0.29, 0.717) is 11.5 Å². The monoisotopic (exact) mass is 449 g/mol. The molecule has 0 spiro atoms. The summed E-state index contributed by atoms with van der Waals surface area (Å²) in [6.45, 7) is 3.87. The predicted molar refractivity (Wildman–Crippen MR) is 139 cm³/mol. The van der Waals surface area contributed by atoms with Crippen LogP contribution in [0.1, 0.15) is 50.5 Å². The van der Waals surface area contributed by atoms with E-state index >= 15 is 0 Å². The largest absolute Gasteiger partial charge is 0.478 e. The van der Waals surface area contributed by atoms with E-state index in [1.807, 2.05) is 13.0 Å². The first-order valence-corrected chi connectivity index (χ1v) is 12.2. The van der Waals surface area contributed by atoms with Gasteiger partial charge < -0.3 is 10.4 Å². The molecule has 0 radical (unpaired) electrons. The van der Waals surface area contributed by atoms with Crippen molar-refractivity contribution < 1.29 is 9.90 Å². The molecule has 0 amide bonds. The summed E-state index contributed by atoms with van der Waals surface area (Å²) in [4.78, 5) is 11.7. The first kappa shape index (κ1) is 22.4. The highest BCUT2D eigenvalue weighted by molar-refractivity contribution is 5.89. The smallest absolute Gasteiger partial charge is 0.335 e. The lowest BCUT2D eigenvalue weighted by Gasteiger charge is -2.33. The molecule has 0 saturated carbocycles. The van der Waals surface area contributed by atoms with Gasteiger partial charge in [-0.25, -0.2) is 4.79 Å². The van der Waals surface area contributed by atoms with Crippen molar-refractivity contribution in [1.29, 1.82) is 0 Å². The third kappa shape index (κ3) is 4.49. The number of nitrogens with one attached hydrogen (secondary N) is 1. The second kappa shape index (κ2) is 9.82. The van der Waals surface area contributed by atoms with Gasteiger partial charge in [0.15, 0.2) is 0 Å². The molecule has 172 valence electrons. The molecule has 0 bridgehead atoms. The van der Waals surface area contributed by atoms with Gasteiger partial charge >= 0.3 is 5.97 Å². The number of carbonyl (C=O) groups is 1. The second-order valence-corrected chi connectivity index (χ2v) is 9.47. The van der Waals surface area contributed by atoms with Crippen LogP contribution >= 0.6 is 0 Å². The van der Waals surface area contributed by atoms with Crippen molar-refractivity contribution in [2.45, 2.75) is 32.1 Å². The Labute approximate surface area is 201 Å². The molecule has 3 nitrogen and oxygen atoms in total. The lowest BCUT2D eigenvalue weighted by atomic mass is 9.72. The van der Waals surface area contributed by atoms with Crippen LogP contribution in [0.5, 0.6) is 0 Å². The Kier molecular flexibility index (Phi) is 6.46. The molecule has 0 heterocycles. The zero-order valence-corrected chi connectivity index (χ0v) is 19.6. The number of carboxylic acids is 1. The molecule has 4 aromatic carbocycles. The first-order chi connectivity index (χ1) is 16.6. The van der Waals surface area contributed by atoms with E-state index in [9.17, 15) is 9.90 Å². The van der Waals surface area contributed by atoms with Gasteiger partial charge in [0, 0.05) is 5.92 Å². The van der Waals surface area contributed by atoms with Crippen molar-refractivity contribution in [1.82, 2.24) is 5.32 Å². The molecule has 2 N–H and O–H groups in total. The third-order valence-corrected chi connectivity index (χ3v) is 7.37. The minimum atomic E-state index is -0.852. The van der Waals surface area contributed by atoms with Crippen LogP contribution in [0.4, 0.5) is 0 Å². The standard InChI is InChI=1S/C31H31NO2/c1-21-26(14-7-15-27(21)31(33)34)30-19-22(18-25-9-3-5-13-29(25)30)20-32-17-16-24-11-6-10-23-8-2-4-12-28(23)24/h2-15,22,30,32H,16-20H2,1H3,(H,33,34)/t22-,30?/m0/s1. The maximum atomic E-state index is 11.7. The molecular weight excluding hydrogens is 418 g/mol. The Morgan fingerprint density at radius 2 is 1.65 bits per heavy atom. The van der Waals surface area contributed by atoms with Gasteiger partial charge in [0.05, 0.1) is 5.56 Å². The summed E-state index contributed by atoms with van der Waals surface area (Å²) < 4.78 is 0. The fourth-order valence-corrected chi connectivity index (χ4v) is 5.67. The fourth-order valence-electron chi connectivity index (χ4n) is 5.67. The van der Waals surface area contributed by atoms with E-state index in [1.165, 1.54) is 27.5 Å². The van der Waals surface area contributed by atoms with Crippen molar-refractivity contribution >= 4 is 16.7 Å². The number of hydrogen-bond acceptors (Lipinski definition) is 2. The number of aromatic carboxylic acids is 1. The van der Waals surface area contributed by atoms with Gasteiger partial charge in [-0.15, -0.1) is 0 Å². The Morgan fingerprint density at radius 1 is 0.912 bits per heavy atom. The minimum absolute atomic E-state index is 0.231. The maximum absolute atomic E-state index is 11.7. The molecule has 1 unspecified atom stereocenters. The minimum Gasteiger partial charge on any atom is -0.478 e. The van der Waals surface area contributed by atoms with Crippen LogP contribution in [0.2, 0.25) is 0 Å². The van der Waals surface area contributed by atoms with Crippen LogP contribution < -0.4 is 5.32 Å². The summed E-state index contributed by atoms with van der Waals surface area (Å²) in [5.41, 5.74) is 6.57. The molecule has 2 atom stereocenters. The average molecular weight is 450 g/mol. The number of rotatable bonds is 7. The van der Waals surface area contributed by atoms with E-state index in [2.05, 4.69) is 78.1 Å². The molecule has 0 saturated heterocycles. The Hall–Kier alpha value is -3.43. The molecule has 0 aliphatic heterocycles. The molecule has 0 aromatic heterocycles. The second-order valence-electron chi connectivity index (χ2n) is 9.47. The van der Waals surface area contributed by atoms with Gasteiger partial charge in [-0.2, -0.15) is 0 Å². The quantitative estimate of drug-likeness (QED) is 0.322. The number of fused-ring (bicyclic) bond motifs is 2. The van der Waals surface area contributed by atoms with Crippen LogP contribution in [0.25, 0.3) is 10.8 Å². The molecule has 4 aromatic rings. The first-order valence-electron chi connectivity index (χ1n) is 12.2. The summed E-state index contributed by atoms with van der Waals surface area (Å²) in [6.07, 6.45) is 3.10. The van der Waals surface area contributed by atoms with E-state index in [0.717, 1.165) is 43.5 Å². The Bertz CT molecular complexity index is 1320. The molecular formula is C31H31NO2. The SMILES string of the molecule is Cc1c(C(=O)O)cccc1C1C[C@@H](CNCCc2cccc3ccccc23)Cc2ccccc21. The summed E-state index contributed by atoms with van der Waals surface area (Å²) in [5, 5.41) is 16.0. The third-order valence-electron chi connectivity index (χ3n) is 7.37. The zero-order chi connectivity index (χ0) is 23.5. The number of benzene rings is 4. The van der Waals surface area contributed by atoms with Crippen LogP contribution in [0, 0.1) is 12.8 Å². The van der Waals surface area contributed by atoms with Crippen LogP contribution in [0.15, 0.2) is 84.9 Å². The van der Waals surface area contributed by atoms with Gasteiger partial charge in [0.25, 0.3) is 0 Å². The van der Waals surface area contributed by atoms with E-state index in [-0.39, 0.29) is 5.92 Å². The predicted octanol–water partition coefficient (Wildman–Crippen LogP) is 6.37. The Morgan fingerprint density at radius 3 is 2.53 bits per heavy atom. The molecule has 34 heavy (non-hydrogen) atoms. The van der Waals surface area contributed by atoms with Gasteiger partial charge in [0.2, 0.25) is 0 Å². The summed E-state index contributed by atoms with van der Waals surface area (Å²) >= 11 is 0. The molecule has 0 fully saturated rings. The highest BCUT2D eigenvalue weighted by Crippen LogP contribution is 2.40. The molecule has 1 aliphatic carbocycles. The van der Waals surface area contributed by atoms with Crippen LogP contribution in [-0.4, -0.2) is 24.2 Å². The van der Waals surface area contributed by atoms with Gasteiger partial charge in [-0.1, -0.05) is 78.9 Å². The molecule has 5 rings (SSSR count). The van der Waals surface area contributed by atoms with E-state index in [1.54, 1.807) is 6.07 Å². The van der Waals surface area contributed by atoms with Gasteiger partial charge in [-0.3, -0.25) is 0 Å². The fraction of sp³-hybridized carbons (Fsp3) is 0.258. The van der Waals surface area contributed by atoms with Crippen LogP contribution in [0.3, 0.4) is 0 Å². The van der Waals surface area contributed by atoms with E-state index < -0.39 is 5.97 Å². The summed E-state index contributed by atoms with van der Waals surface area (Å²) in [7, 11) is 0. The van der Waals surface area contributed by atoms with Gasteiger partial charge in [0.1, 0.15) is 0 Å². The zero-order valence-electron chi connectivity index (χ0n) is 19.6. The van der Waals surface area contributed by atoms with Gasteiger partial charge in [-0.05, 0) is 89.8 Å². The average Bonchev–Trinajstić information content (AvgIpc) is 2.86. The number of hydrogen-bond donors (Lipinski definition) is 2. The highest BCUT2D eigenvalue weighted by Gasteiger charge is 2.29. The van der Waals surface area contributed by atoms with Crippen molar-refractivity contribution in [2.24, 2.45) is 5.92 Å². The normalized spacial score (nSPS) is 17.4. The van der Waals surface area contributed by atoms with E-state index in [4.69, 9.17) is 0 Å². The molecule has 1 aliphatic rings. The molecule has 3 heteroatoms. The van der Waals surface area contributed by atoms with Crippen molar-refractivity contribution in [3.05, 3.63) is 118 Å². The Balaban J connectivity index is 1.30. The summed E-state index contributed by atoms with van der Waals surface area (Å²) in [6, 6.07) is 29.5.